The Morgan fingerprint density at radius 3 is 2.19 bits per heavy atom. The predicted molar refractivity (Wildman–Crippen MR) is 102 cm³/mol. The summed E-state index contributed by atoms with van der Waals surface area (Å²) >= 11 is 0. The van der Waals surface area contributed by atoms with Crippen LogP contribution < -0.4 is 13.8 Å². The maximum absolute atomic E-state index is 13.2. The third-order valence-electron chi connectivity index (χ3n) is 3.84. The molecule has 0 N–H and O–H groups in total. The molecule has 0 aliphatic heterocycles. The lowest BCUT2D eigenvalue weighted by molar-refractivity contribution is -0.141. The van der Waals surface area contributed by atoms with Gasteiger partial charge in [0.15, 0.2) is 11.5 Å². The topological polar surface area (TPSA) is 82.1 Å². The van der Waals surface area contributed by atoms with Crippen LogP contribution in [0.2, 0.25) is 0 Å². The summed E-state index contributed by atoms with van der Waals surface area (Å²) in [5, 5.41) is 0. The van der Waals surface area contributed by atoms with Crippen LogP contribution in [0.1, 0.15) is 12.5 Å². The largest absolute Gasteiger partial charge is 0.493 e. The summed E-state index contributed by atoms with van der Waals surface area (Å²) in [6.45, 7) is 3.22. The molecule has 2 rings (SSSR count). The first kappa shape index (κ1) is 20.6. The quantitative estimate of drug-likeness (QED) is 0.642. The van der Waals surface area contributed by atoms with Crippen LogP contribution in [0.3, 0.4) is 0 Å². The van der Waals surface area contributed by atoms with Crippen LogP contribution in [0.25, 0.3) is 0 Å². The Bertz CT molecular complexity index is 893. The molecule has 7 nitrogen and oxygen atoms in total. The standard InChI is InChI=1S/C19H23NO6S/c1-5-26-19(21)13-20(15-8-11-17(24-3)18(12-15)25-4)27(22,23)16-9-6-14(2)7-10-16/h6-12H,5,13H2,1-4H3. The Morgan fingerprint density at radius 1 is 1.00 bits per heavy atom. The van der Waals surface area contributed by atoms with Gasteiger partial charge in [0.2, 0.25) is 0 Å². The summed E-state index contributed by atoms with van der Waals surface area (Å²) < 4.78 is 42.8. The molecule has 146 valence electrons. The zero-order valence-electron chi connectivity index (χ0n) is 15.8. The number of benzene rings is 2. The van der Waals surface area contributed by atoms with Gasteiger partial charge in [0.1, 0.15) is 6.54 Å². The molecule has 0 heterocycles. The average Bonchev–Trinajstić information content (AvgIpc) is 2.66. The van der Waals surface area contributed by atoms with Crippen LogP contribution >= 0.6 is 0 Å². The van der Waals surface area contributed by atoms with Crippen LogP contribution in [0.15, 0.2) is 47.4 Å². The molecule has 0 saturated heterocycles. The van der Waals surface area contributed by atoms with E-state index in [-0.39, 0.29) is 17.2 Å². The van der Waals surface area contributed by atoms with Crippen molar-refractivity contribution in [3.8, 4) is 11.5 Å². The number of hydrogen-bond acceptors (Lipinski definition) is 6. The first-order valence-corrected chi connectivity index (χ1v) is 9.74. The van der Waals surface area contributed by atoms with Gasteiger partial charge in [-0.15, -0.1) is 0 Å². The Balaban J connectivity index is 2.54. The number of carbonyl (C=O) groups is 1. The maximum atomic E-state index is 13.2. The van der Waals surface area contributed by atoms with Gasteiger partial charge in [-0.2, -0.15) is 0 Å². The number of sulfonamides is 1. The molecule has 0 amide bonds. The number of anilines is 1. The van der Waals surface area contributed by atoms with E-state index in [1.54, 1.807) is 31.2 Å². The number of esters is 1. The third-order valence-corrected chi connectivity index (χ3v) is 5.63. The molecule has 0 atom stereocenters. The first-order valence-electron chi connectivity index (χ1n) is 8.30. The van der Waals surface area contributed by atoms with E-state index >= 15 is 0 Å². The maximum Gasteiger partial charge on any atom is 0.326 e. The lowest BCUT2D eigenvalue weighted by atomic mass is 10.2. The van der Waals surface area contributed by atoms with Crippen LogP contribution in [-0.2, 0) is 19.6 Å². The zero-order chi connectivity index (χ0) is 20.0. The van der Waals surface area contributed by atoms with Crippen LogP contribution in [0.4, 0.5) is 5.69 Å². The second kappa shape index (κ2) is 8.77. The molecular weight excluding hydrogens is 370 g/mol. The number of carbonyl (C=O) groups excluding carboxylic acids is 1. The molecular formula is C19H23NO6S. The van der Waals surface area contributed by atoms with Crippen molar-refractivity contribution in [1.29, 1.82) is 0 Å². The van der Waals surface area contributed by atoms with E-state index in [1.807, 2.05) is 6.92 Å². The monoisotopic (exact) mass is 393 g/mol. The van der Waals surface area contributed by atoms with Gasteiger partial charge in [0.25, 0.3) is 10.0 Å². The van der Waals surface area contributed by atoms with Gasteiger partial charge in [-0.3, -0.25) is 9.10 Å². The highest BCUT2D eigenvalue weighted by atomic mass is 32.2. The molecule has 8 heteroatoms. The van der Waals surface area contributed by atoms with Gasteiger partial charge in [0.05, 0.1) is 31.4 Å². The lowest BCUT2D eigenvalue weighted by Gasteiger charge is -2.24. The van der Waals surface area contributed by atoms with Crippen molar-refractivity contribution in [3.63, 3.8) is 0 Å². The van der Waals surface area contributed by atoms with Crippen molar-refractivity contribution in [2.45, 2.75) is 18.7 Å². The van der Waals surface area contributed by atoms with Gasteiger partial charge in [-0.25, -0.2) is 8.42 Å². The minimum atomic E-state index is -3.99. The number of rotatable bonds is 8. The Morgan fingerprint density at radius 2 is 1.63 bits per heavy atom. The molecule has 2 aromatic carbocycles. The van der Waals surface area contributed by atoms with E-state index in [9.17, 15) is 13.2 Å². The summed E-state index contributed by atoms with van der Waals surface area (Å²) in [5.41, 5.74) is 1.19. The molecule has 0 unspecified atom stereocenters. The number of hydrogen-bond donors (Lipinski definition) is 0. The Kier molecular flexibility index (Phi) is 6.68. The Hall–Kier alpha value is -2.74. The summed E-state index contributed by atoms with van der Waals surface area (Å²) in [7, 11) is -1.06. The summed E-state index contributed by atoms with van der Waals surface area (Å²) in [4.78, 5) is 12.1. The van der Waals surface area contributed by atoms with Crippen molar-refractivity contribution in [3.05, 3.63) is 48.0 Å². The molecule has 0 spiro atoms. The van der Waals surface area contributed by atoms with Crippen LogP contribution in [0, 0.1) is 6.92 Å². The van der Waals surface area contributed by atoms with E-state index < -0.39 is 22.5 Å². The Labute approximate surface area is 159 Å². The molecule has 27 heavy (non-hydrogen) atoms. The van der Waals surface area contributed by atoms with Crippen LogP contribution in [-0.4, -0.2) is 41.8 Å². The van der Waals surface area contributed by atoms with Crippen molar-refractivity contribution >= 4 is 21.7 Å². The molecule has 0 aliphatic rings. The van der Waals surface area contributed by atoms with Crippen LogP contribution in [0.5, 0.6) is 11.5 Å². The number of methoxy groups -OCH3 is 2. The lowest BCUT2D eigenvalue weighted by Crippen LogP contribution is -2.36. The van der Waals surface area contributed by atoms with Gasteiger partial charge < -0.3 is 14.2 Å². The molecule has 0 aromatic heterocycles. The van der Waals surface area contributed by atoms with E-state index in [1.165, 1.54) is 32.4 Å². The van der Waals surface area contributed by atoms with E-state index in [0.717, 1.165) is 9.87 Å². The predicted octanol–water partition coefficient (Wildman–Crippen LogP) is 2.77. The molecule has 0 saturated carbocycles. The summed E-state index contributed by atoms with van der Waals surface area (Å²) in [6, 6.07) is 11.0. The normalized spacial score (nSPS) is 11.0. The fraction of sp³-hybridized carbons (Fsp3) is 0.316. The van der Waals surface area contributed by atoms with Crippen molar-refractivity contribution in [2.24, 2.45) is 0 Å². The average molecular weight is 393 g/mol. The van der Waals surface area contributed by atoms with E-state index in [2.05, 4.69) is 0 Å². The summed E-state index contributed by atoms with van der Waals surface area (Å²) in [6.07, 6.45) is 0. The fourth-order valence-corrected chi connectivity index (χ4v) is 3.86. The number of nitrogens with zero attached hydrogens (tertiary/aromatic N) is 1. The minimum absolute atomic E-state index is 0.0761. The van der Waals surface area contributed by atoms with Crippen molar-refractivity contribution in [1.82, 2.24) is 0 Å². The van der Waals surface area contributed by atoms with Gasteiger partial charge in [0, 0.05) is 6.07 Å². The highest BCUT2D eigenvalue weighted by Gasteiger charge is 2.28. The highest BCUT2D eigenvalue weighted by Crippen LogP contribution is 2.33. The highest BCUT2D eigenvalue weighted by molar-refractivity contribution is 7.92. The molecule has 0 bridgehead atoms. The second-order valence-corrected chi connectivity index (χ2v) is 7.53. The van der Waals surface area contributed by atoms with Crippen molar-refractivity contribution < 1.29 is 27.4 Å². The number of ether oxygens (including phenoxy) is 3. The zero-order valence-corrected chi connectivity index (χ0v) is 16.6. The first-order chi connectivity index (χ1) is 12.8. The molecule has 0 aliphatic carbocycles. The molecule has 0 radical (unpaired) electrons. The smallest absolute Gasteiger partial charge is 0.326 e. The third kappa shape index (κ3) is 4.71. The molecule has 0 fully saturated rings. The summed E-state index contributed by atoms with van der Waals surface area (Å²) in [5.74, 6) is 0.149. The van der Waals surface area contributed by atoms with Gasteiger partial charge >= 0.3 is 5.97 Å². The van der Waals surface area contributed by atoms with Crippen molar-refractivity contribution in [2.75, 3.05) is 31.7 Å². The van der Waals surface area contributed by atoms with Gasteiger partial charge in [-0.1, -0.05) is 17.7 Å². The van der Waals surface area contributed by atoms with E-state index in [0.29, 0.717) is 11.5 Å². The van der Waals surface area contributed by atoms with E-state index in [4.69, 9.17) is 14.2 Å². The SMILES string of the molecule is CCOC(=O)CN(c1ccc(OC)c(OC)c1)S(=O)(=O)c1ccc(C)cc1. The second-order valence-electron chi connectivity index (χ2n) is 5.67. The number of aryl methyl sites for hydroxylation is 1. The van der Waals surface area contributed by atoms with Gasteiger partial charge in [-0.05, 0) is 38.1 Å². The fourth-order valence-electron chi connectivity index (χ4n) is 2.46. The molecule has 2 aromatic rings. The minimum Gasteiger partial charge on any atom is -0.493 e.